The van der Waals surface area contributed by atoms with Crippen molar-refractivity contribution in [2.45, 2.75) is 38.8 Å². The van der Waals surface area contributed by atoms with Gasteiger partial charge in [0.2, 0.25) is 0 Å². The zero-order chi connectivity index (χ0) is 12.5. The third-order valence-electron chi connectivity index (χ3n) is 2.93. The van der Waals surface area contributed by atoms with Crippen molar-refractivity contribution in [2.75, 3.05) is 6.54 Å². The van der Waals surface area contributed by atoms with E-state index in [9.17, 15) is 4.91 Å². The Morgan fingerprint density at radius 1 is 1.29 bits per heavy atom. The molecule has 2 rings (SSSR count). The van der Waals surface area contributed by atoms with E-state index in [1.807, 2.05) is 45.0 Å². The number of hydrogen-bond acceptors (Lipinski definition) is 4. The lowest BCUT2D eigenvalue weighted by atomic mass is 10.00. The van der Waals surface area contributed by atoms with Crippen molar-refractivity contribution < 1.29 is 9.47 Å². The van der Waals surface area contributed by atoms with E-state index in [1.165, 1.54) is 0 Å². The fourth-order valence-corrected chi connectivity index (χ4v) is 2.21. The van der Waals surface area contributed by atoms with Crippen LogP contribution in [0, 0.1) is 11.8 Å². The van der Waals surface area contributed by atoms with Crippen LogP contribution in [0.5, 0.6) is 0 Å². The lowest BCUT2D eigenvalue weighted by Crippen LogP contribution is -2.22. The van der Waals surface area contributed by atoms with Gasteiger partial charge >= 0.3 is 0 Å². The van der Waals surface area contributed by atoms with Crippen LogP contribution >= 0.6 is 0 Å². The maximum atomic E-state index is 10.4. The maximum absolute atomic E-state index is 10.4. The molecular weight excluding hydrogens is 218 g/mol. The van der Waals surface area contributed by atoms with Crippen molar-refractivity contribution in [3.8, 4) is 0 Å². The number of nitrogens with zero attached hydrogens (tertiary/aromatic N) is 1. The smallest absolute Gasteiger partial charge is 0.164 e. The summed E-state index contributed by atoms with van der Waals surface area (Å²) in [7, 11) is 0. The van der Waals surface area contributed by atoms with Crippen LogP contribution in [0.25, 0.3) is 0 Å². The number of ether oxygens (including phenoxy) is 2. The van der Waals surface area contributed by atoms with Gasteiger partial charge in [0.25, 0.3) is 0 Å². The summed E-state index contributed by atoms with van der Waals surface area (Å²) in [5.41, 5.74) is 2.20. The van der Waals surface area contributed by atoms with Gasteiger partial charge in [0.15, 0.2) is 5.79 Å². The summed E-state index contributed by atoms with van der Waals surface area (Å²) in [6.07, 6.45) is -0.521. The molecule has 0 spiro atoms. The molecule has 92 valence electrons. The second-order valence-corrected chi connectivity index (χ2v) is 4.76. The Hall–Kier alpha value is -1.26. The Labute approximate surface area is 101 Å². The molecule has 2 atom stereocenters. The van der Waals surface area contributed by atoms with Crippen molar-refractivity contribution in [2.24, 2.45) is 5.18 Å². The van der Waals surface area contributed by atoms with Gasteiger partial charge in [-0.2, -0.15) is 4.91 Å². The highest BCUT2D eigenvalue weighted by atomic mass is 16.8. The van der Waals surface area contributed by atoms with E-state index in [1.54, 1.807) is 0 Å². The molecule has 1 fully saturated rings. The molecule has 1 aliphatic rings. The quantitative estimate of drug-likeness (QED) is 0.757. The summed E-state index contributed by atoms with van der Waals surface area (Å²) < 4.78 is 11.6. The van der Waals surface area contributed by atoms with E-state index in [2.05, 4.69) is 5.18 Å². The molecular formula is C13H17NO3. The monoisotopic (exact) mass is 235 g/mol. The van der Waals surface area contributed by atoms with Gasteiger partial charge in [-0.25, -0.2) is 0 Å². The molecule has 17 heavy (non-hydrogen) atoms. The average molecular weight is 235 g/mol. The van der Waals surface area contributed by atoms with Gasteiger partial charge in [0, 0.05) is 0 Å². The molecule has 1 aromatic rings. The minimum Gasteiger partial charge on any atom is -0.342 e. The first kappa shape index (κ1) is 12.2. The van der Waals surface area contributed by atoms with E-state index in [0.29, 0.717) is 0 Å². The number of nitroso groups, excluding NO2 is 1. The fraction of sp³-hybridized carbons (Fsp3) is 0.538. The van der Waals surface area contributed by atoms with E-state index >= 15 is 0 Å². The van der Waals surface area contributed by atoms with E-state index in [4.69, 9.17) is 9.47 Å². The molecule has 0 saturated carbocycles. The second-order valence-electron chi connectivity index (χ2n) is 4.76. The SMILES string of the molecule is Cc1ccccc1[C@H]1OC(C)(C)O[C@@H]1CN=O. The standard InChI is InChI=1S/C13H17NO3/c1-9-6-4-5-7-10(9)12-11(8-14-15)16-13(2,3)17-12/h4-7,11-12H,8H2,1-3H3/t11-,12-/m1/s1. The van der Waals surface area contributed by atoms with Gasteiger partial charge in [-0.15, -0.1) is 0 Å². The molecule has 0 N–H and O–H groups in total. The van der Waals surface area contributed by atoms with Gasteiger partial charge in [-0.1, -0.05) is 29.4 Å². The van der Waals surface area contributed by atoms with Crippen LogP contribution in [0.2, 0.25) is 0 Å². The predicted molar refractivity (Wildman–Crippen MR) is 64.6 cm³/mol. The zero-order valence-electron chi connectivity index (χ0n) is 10.3. The van der Waals surface area contributed by atoms with Crippen molar-refractivity contribution >= 4 is 0 Å². The Bertz CT molecular complexity index is 417. The highest BCUT2D eigenvalue weighted by molar-refractivity contribution is 5.29. The summed E-state index contributed by atoms with van der Waals surface area (Å²) in [5, 5.41) is 2.93. The second kappa shape index (κ2) is 4.55. The Balaban J connectivity index is 2.30. The van der Waals surface area contributed by atoms with Crippen LogP contribution in [-0.4, -0.2) is 18.4 Å². The van der Waals surface area contributed by atoms with Gasteiger partial charge in [0.05, 0.1) is 0 Å². The van der Waals surface area contributed by atoms with E-state index in [-0.39, 0.29) is 18.8 Å². The van der Waals surface area contributed by atoms with Crippen molar-refractivity contribution in [3.63, 3.8) is 0 Å². The van der Waals surface area contributed by atoms with Gasteiger partial charge in [-0.3, -0.25) is 0 Å². The Morgan fingerprint density at radius 3 is 2.65 bits per heavy atom. The topological polar surface area (TPSA) is 47.9 Å². The molecule has 0 bridgehead atoms. The summed E-state index contributed by atoms with van der Waals surface area (Å²) in [6, 6.07) is 7.97. The molecule has 0 unspecified atom stereocenters. The molecule has 0 aromatic heterocycles. The largest absolute Gasteiger partial charge is 0.342 e. The zero-order valence-corrected chi connectivity index (χ0v) is 10.3. The molecule has 0 amide bonds. The first-order valence-electron chi connectivity index (χ1n) is 5.74. The first-order valence-corrected chi connectivity index (χ1v) is 5.74. The van der Waals surface area contributed by atoms with Crippen LogP contribution < -0.4 is 0 Å². The highest BCUT2D eigenvalue weighted by Gasteiger charge is 2.42. The van der Waals surface area contributed by atoms with E-state index in [0.717, 1.165) is 11.1 Å². The third-order valence-corrected chi connectivity index (χ3v) is 2.93. The average Bonchev–Trinajstić information content (AvgIpc) is 2.55. The number of benzene rings is 1. The molecule has 0 radical (unpaired) electrons. The molecule has 4 nitrogen and oxygen atoms in total. The Kier molecular flexibility index (Phi) is 3.26. The van der Waals surface area contributed by atoms with Gasteiger partial charge in [0.1, 0.15) is 18.8 Å². The van der Waals surface area contributed by atoms with Crippen LogP contribution in [0.1, 0.15) is 31.1 Å². The lowest BCUT2D eigenvalue weighted by molar-refractivity contribution is -0.146. The van der Waals surface area contributed by atoms with Crippen molar-refractivity contribution in [1.29, 1.82) is 0 Å². The summed E-state index contributed by atoms with van der Waals surface area (Å²) in [4.78, 5) is 10.4. The van der Waals surface area contributed by atoms with Crippen LogP contribution in [0.3, 0.4) is 0 Å². The molecule has 4 heteroatoms. The van der Waals surface area contributed by atoms with Gasteiger partial charge in [-0.05, 0) is 31.9 Å². The van der Waals surface area contributed by atoms with E-state index < -0.39 is 5.79 Å². The van der Waals surface area contributed by atoms with Crippen molar-refractivity contribution in [1.82, 2.24) is 0 Å². The van der Waals surface area contributed by atoms with Crippen molar-refractivity contribution in [3.05, 3.63) is 40.3 Å². The molecule has 1 aliphatic heterocycles. The highest BCUT2D eigenvalue weighted by Crippen LogP contribution is 2.39. The minimum absolute atomic E-state index is 0.114. The van der Waals surface area contributed by atoms with Crippen LogP contribution in [-0.2, 0) is 9.47 Å². The lowest BCUT2D eigenvalue weighted by Gasteiger charge is -2.18. The third kappa shape index (κ3) is 2.53. The number of aryl methyl sites for hydroxylation is 1. The molecule has 0 aliphatic carbocycles. The number of rotatable bonds is 3. The van der Waals surface area contributed by atoms with Gasteiger partial charge < -0.3 is 9.47 Å². The minimum atomic E-state index is -0.664. The first-order chi connectivity index (χ1) is 8.03. The molecule has 1 aromatic carbocycles. The summed E-state index contributed by atoms with van der Waals surface area (Å²) in [5.74, 6) is -0.664. The summed E-state index contributed by atoms with van der Waals surface area (Å²) >= 11 is 0. The normalized spacial score (nSPS) is 27.0. The predicted octanol–water partition coefficient (Wildman–Crippen LogP) is 2.95. The molecule has 1 saturated heterocycles. The number of hydrogen-bond donors (Lipinski definition) is 0. The maximum Gasteiger partial charge on any atom is 0.164 e. The molecule has 1 heterocycles. The van der Waals surface area contributed by atoms with Crippen LogP contribution in [0.15, 0.2) is 29.4 Å². The van der Waals surface area contributed by atoms with Crippen LogP contribution in [0.4, 0.5) is 0 Å². The summed E-state index contributed by atoms with van der Waals surface area (Å²) in [6.45, 7) is 5.84. The Morgan fingerprint density at radius 2 is 2.00 bits per heavy atom. The fourth-order valence-electron chi connectivity index (χ4n) is 2.21.